The number of benzene rings is 3. The van der Waals surface area contributed by atoms with Gasteiger partial charge in [-0.2, -0.15) is 0 Å². The number of ether oxygens (including phenoxy) is 5. The molecule has 2 saturated heterocycles. The van der Waals surface area contributed by atoms with Gasteiger partial charge in [-0.3, -0.25) is 15.1 Å². The van der Waals surface area contributed by atoms with Crippen molar-refractivity contribution in [1.29, 1.82) is 0 Å². The first kappa shape index (κ1) is 32.8. The average Bonchev–Trinajstić information content (AvgIpc) is 3.60. The van der Waals surface area contributed by atoms with Crippen molar-refractivity contribution in [2.24, 2.45) is 0 Å². The molecule has 0 amide bonds. The Balaban J connectivity index is 1.29. The molecular formula is C37H41N3O10S. The first-order valence-corrected chi connectivity index (χ1v) is 18.2. The van der Waals surface area contributed by atoms with Crippen LogP contribution in [0.5, 0.6) is 40.2 Å². The quantitative estimate of drug-likeness (QED) is 0.246. The minimum Gasteiger partial charge on any atom is -0.507 e. The van der Waals surface area contributed by atoms with Crippen LogP contribution >= 0.6 is 11.8 Å². The molecular weight excluding hydrogens is 678 g/mol. The van der Waals surface area contributed by atoms with Gasteiger partial charge in [0.25, 0.3) is 0 Å². The van der Waals surface area contributed by atoms with Crippen molar-refractivity contribution >= 4 is 17.7 Å². The number of carbonyl (C=O) groups is 1. The summed E-state index contributed by atoms with van der Waals surface area (Å²) in [6, 6.07) is 3.30. The Bertz CT molecular complexity index is 2010. The molecule has 7 heterocycles. The Hall–Kier alpha value is -4.08. The van der Waals surface area contributed by atoms with Crippen molar-refractivity contribution in [2.45, 2.75) is 67.9 Å². The molecule has 10 rings (SSSR count). The van der Waals surface area contributed by atoms with E-state index in [1.807, 2.05) is 24.9 Å². The van der Waals surface area contributed by atoms with E-state index in [2.05, 4.69) is 10.2 Å². The monoisotopic (exact) mass is 719 g/mol. The molecule has 4 bridgehead atoms. The largest absolute Gasteiger partial charge is 0.507 e. The van der Waals surface area contributed by atoms with Crippen LogP contribution in [0.4, 0.5) is 0 Å². The number of likely N-dealkylation sites (N-methyl/N-ethyl adjacent to an activating group) is 1. The molecule has 13 nitrogen and oxygen atoms in total. The van der Waals surface area contributed by atoms with Crippen LogP contribution in [0, 0.1) is 13.8 Å². The first-order chi connectivity index (χ1) is 24.5. The number of rotatable bonds is 2. The summed E-state index contributed by atoms with van der Waals surface area (Å²) in [5, 5.41) is 50.1. The number of nitrogens with zero attached hydrogens (tertiary/aromatic N) is 2. The molecule has 270 valence electrons. The number of nitrogens with one attached hydrogen (secondary N) is 1. The van der Waals surface area contributed by atoms with Gasteiger partial charge in [0.2, 0.25) is 6.79 Å². The van der Waals surface area contributed by atoms with E-state index >= 15 is 0 Å². The molecule has 2 fully saturated rings. The highest BCUT2D eigenvalue weighted by Crippen LogP contribution is 2.64. The second-order valence-electron chi connectivity index (χ2n) is 14.4. The number of hydrogen-bond donors (Lipinski definition) is 5. The highest BCUT2D eigenvalue weighted by molar-refractivity contribution is 7.99. The molecule has 5 N–H and O–H groups in total. The highest BCUT2D eigenvalue weighted by Gasteiger charge is 2.61. The number of esters is 1. The zero-order valence-electron chi connectivity index (χ0n) is 29.0. The summed E-state index contributed by atoms with van der Waals surface area (Å²) in [4.78, 5) is 18.7. The number of phenolic OH excluding ortho intramolecular Hbond substituents is 3. The smallest absolute Gasteiger partial charge is 0.331 e. The number of hydrogen-bond acceptors (Lipinski definition) is 14. The number of carbonyl (C=O) groups excluding carboxylic acids is 1. The van der Waals surface area contributed by atoms with Crippen LogP contribution in [0.25, 0.3) is 0 Å². The van der Waals surface area contributed by atoms with Gasteiger partial charge < -0.3 is 44.1 Å². The summed E-state index contributed by atoms with van der Waals surface area (Å²) in [5.41, 5.74) is 4.38. The molecule has 3 aromatic carbocycles. The van der Waals surface area contributed by atoms with E-state index in [9.17, 15) is 25.2 Å². The fourth-order valence-electron chi connectivity index (χ4n) is 9.74. The molecule has 0 aromatic heterocycles. The fourth-order valence-corrected chi connectivity index (χ4v) is 11.4. The fraction of sp³-hybridized carbons (Fsp3) is 0.486. The Morgan fingerprint density at radius 1 is 0.980 bits per heavy atom. The number of aliphatic hydroxyl groups is 1. The second kappa shape index (κ2) is 11.5. The zero-order valence-corrected chi connectivity index (χ0v) is 29.8. The van der Waals surface area contributed by atoms with Gasteiger partial charge in [-0.15, -0.1) is 11.8 Å². The minimum absolute atomic E-state index is 0.00972. The lowest BCUT2D eigenvalue weighted by Crippen LogP contribution is -2.70. The molecule has 7 aliphatic rings. The van der Waals surface area contributed by atoms with Crippen molar-refractivity contribution in [3.63, 3.8) is 0 Å². The van der Waals surface area contributed by atoms with Crippen LogP contribution in [0.3, 0.4) is 0 Å². The van der Waals surface area contributed by atoms with Gasteiger partial charge in [-0.05, 0) is 68.1 Å². The van der Waals surface area contributed by atoms with E-state index in [4.69, 9.17) is 23.7 Å². The van der Waals surface area contributed by atoms with E-state index in [1.165, 1.54) is 18.9 Å². The van der Waals surface area contributed by atoms with Gasteiger partial charge in [-0.1, -0.05) is 6.07 Å². The maximum atomic E-state index is 14.6. The lowest BCUT2D eigenvalue weighted by atomic mass is 9.73. The van der Waals surface area contributed by atoms with Crippen LogP contribution in [-0.4, -0.2) is 101 Å². The topological polar surface area (TPSA) is 163 Å². The van der Waals surface area contributed by atoms with Crippen molar-refractivity contribution in [3.05, 3.63) is 62.7 Å². The van der Waals surface area contributed by atoms with Crippen LogP contribution in [0.15, 0.2) is 18.2 Å². The molecule has 1 spiro atoms. The van der Waals surface area contributed by atoms with E-state index in [0.717, 1.165) is 16.7 Å². The lowest BCUT2D eigenvalue weighted by molar-refractivity contribution is -0.186. The normalized spacial score (nSPS) is 30.6. The van der Waals surface area contributed by atoms with Crippen LogP contribution in [0.1, 0.15) is 61.8 Å². The third kappa shape index (κ3) is 4.28. The Kier molecular flexibility index (Phi) is 7.37. The van der Waals surface area contributed by atoms with Gasteiger partial charge in [-0.25, -0.2) is 4.79 Å². The number of thioether (sulfide) groups is 1. The van der Waals surface area contributed by atoms with Gasteiger partial charge >= 0.3 is 5.97 Å². The van der Waals surface area contributed by atoms with Gasteiger partial charge in [0.1, 0.15) is 18.6 Å². The molecule has 7 atom stereocenters. The van der Waals surface area contributed by atoms with E-state index in [0.29, 0.717) is 64.5 Å². The summed E-state index contributed by atoms with van der Waals surface area (Å²) >= 11 is 1.47. The molecule has 3 unspecified atom stereocenters. The summed E-state index contributed by atoms with van der Waals surface area (Å²) < 4.78 is 29.5. The first-order valence-electron chi connectivity index (χ1n) is 17.2. The molecule has 14 heteroatoms. The van der Waals surface area contributed by atoms with Crippen LogP contribution in [-0.2, 0) is 27.9 Å². The van der Waals surface area contributed by atoms with E-state index in [-0.39, 0.29) is 48.2 Å². The highest BCUT2D eigenvalue weighted by atomic mass is 32.2. The second-order valence-corrected chi connectivity index (χ2v) is 15.5. The number of aliphatic hydroxyl groups excluding tert-OH is 1. The Labute approximate surface area is 299 Å². The minimum atomic E-state index is -1.32. The molecule has 0 saturated carbocycles. The zero-order chi connectivity index (χ0) is 35.7. The predicted molar refractivity (Wildman–Crippen MR) is 185 cm³/mol. The standard InChI is InChI=1S/C37H41N3O10S/c1-15-8-18-9-20-35(44)40-21-12-48-36(45)37(19-11-23(46-4)22(41)10-17(19)6-7-38-37)13-51-34(26-25(21)33-32(49-14-50-33)16(2)29(26)42)28(40)27(39(20)3)24(18)30(43)31(15)47-5/h8,10-11,20-21,27-28,34-35,38,41-44H,6-7,9,12-14H2,1-5H3/t20-,21-,27+,28?,34?,35?,37+/m0/s1. The van der Waals surface area contributed by atoms with Crippen molar-refractivity contribution in [1.82, 2.24) is 15.1 Å². The summed E-state index contributed by atoms with van der Waals surface area (Å²) in [7, 11) is 4.97. The molecule has 0 aliphatic carbocycles. The average molecular weight is 720 g/mol. The maximum absolute atomic E-state index is 14.6. The number of piperazine rings is 1. The summed E-state index contributed by atoms with van der Waals surface area (Å²) in [6.07, 6.45) is 0.0426. The van der Waals surface area contributed by atoms with Crippen molar-refractivity contribution < 1.29 is 48.9 Å². The molecule has 51 heavy (non-hydrogen) atoms. The number of fused-ring (bicyclic) bond motifs is 9. The number of aromatic hydroxyl groups is 3. The van der Waals surface area contributed by atoms with Crippen LogP contribution < -0.4 is 24.3 Å². The summed E-state index contributed by atoms with van der Waals surface area (Å²) in [5.74, 6) is 1.32. The SMILES string of the molecule is COc1cc2c(cc1O)CCN[C@]21CSC2c3c(O)c(C)c4c(c3[C@H](COC1=O)N1C2[C@H]2c3c(cc(C)c(OC)c3O)C[C@@H](C1O)N2C)OCO4. The Morgan fingerprint density at radius 3 is 2.53 bits per heavy atom. The maximum Gasteiger partial charge on any atom is 0.331 e. The lowest BCUT2D eigenvalue weighted by Gasteiger charge is -2.62. The van der Waals surface area contributed by atoms with Gasteiger partial charge in [0.15, 0.2) is 40.0 Å². The number of aryl methyl sites for hydroxylation is 1. The third-order valence-electron chi connectivity index (χ3n) is 12.0. The molecule has 0 radical (unpaired) electrons. The predicted octanol–water partition coefficient (Wildman–Crippen LogP) is 3.19. The Morgan fingerprint density at radius 2 is 1.76 bits per heavy atom. The van der Waals surface area contributed by atoms with Gasteiger partial charge in [0.05, 0.1) is 37.6 Å². The van der Waals surface area contributed by atoms with Gasteiger partial charge in [0, 0.05) is 40.6 Å². The third-order valence-corrected chi connectivity index (χ3v) is 13.5. The van der Waals surface area contributed by atoms with E-state index in [1.54, 1.807) is 26.2 Å². The van der Waals surface area contributed by atoms with E-state index < -0.39 is 41.1 Å². The number of methoxy groups -OCH3 is 2. The number of phenols is 3. The van der Waals surface area contributed by atoms with Crippen molar-refractivity contribution in [2.75, 3.05) is 47.0 Å². The summed E-state index contributed by atoms with van der Waals surface area (Å²) in [6.45, 7) is 3.96. The molecule has 7 aliphatic heterocycles. The van der Waals surface area contributed by atoms with Crippen molar-refractivity contribution in [3.8, 4) is 40.2 Å². The van der Waals surface area contributed by atoms with Crippen LogP contribution in [0.2, 0.25) is 0 Å². The molecule has 3 aromatic rings.